The molecular formula is C8H11IN4O3. The van der Waals surface area contributed by atoms with Crippen LogP contribution in [0.2, 0.25) is 0 Å². The van der Waals surface area contributed by atoms with Crippen LogP contribution < -0.4 is 5.32 Å². The number of halogens is 1. The van der Waals surface area contributed by atoms with Gasteiger partial charge in [0, 0.05) is 30.7 Å². The van der Waals surface area contributed by atoms with E-state index in [1.165, 1.54) is 0 Å². The van der Waals surface area contributed by atoms with Gasteiger partial charge in [0.1, 0.15) is 5.78 Å². The van der Waals surface area contributed by atoms with Crippen molar-refractivity contribution in [1.82, 2.24) is 5.32 Å². The van der Waals surface area contributed by atoms with E-state index in [4.69, 9.17) is 5.53 Å². The van der Waals surface area contributed by atoms with E-state index < -0.39 is 5.91 Å². The molecule has 0 heterocycles. The number of alkyl halides is 1. The fourth-order valence-corrected chi connectivity index (χ4v) is 1.04. The van der Waals surface area contributed by atoms with Crippen molar-refractivity contribution in [2.45, 2.75) is 19.3 Å². The number of rotatable bonds is 7. The van der Waals surface area contributed by atoms with E-state index in [9.17, 15) is 14.4 Å². The highest BCUT2D eigenvalue weighted by Gasteiger charge is 2.08. The zero-order valence-electron chi connectivity index (χ0n) is 8.48. The molecule has 7 nitrogen and oxygen atoms in total. The third kappa shape index (κ3) is 8.18. The monoisotopic (exact) mass is 338 g/mol. The maximum atomic E-state index is 11.1. The number of amides is 2. The van der Waals surface area contributed by atoms with Gasteiger partial charge < -0.3 is 0 Å². The first-order chi connectivity index (χ1) is 7.60. The molecule has 0 saturated carbocycles. The molecule has 2 amide bonds. The summed E-state index contributed by atoms with van der Waals surface area (Å²) in [5.74, 6) is -0.990. The molecule has 0 rings (SSSR count). The summed E-state index contributed by atoms with van der Waals surface area (Å²) < 4.78 is 0.203. The molecule has 0 aliphatic carbocycles. The van der Waals surface area contributed by atoms with E-state index >= 15 is 0 Å². The molecule has 0 aromatic heterocycles. The molecule has 0 atom stereocenters. The molecule has 0 aromatic rings. The number of azide groups is 1. The van der Waals surface area contributed by atoms with Crippen LogP contribution in [0.15, 0.2) is 5.11 Å². The van der Waals surface area contributed by atoms with Crippen LogP contribution in [0.4, 0.5) is 0 Å². The third-order valence-corrected chi connectivity index (χ3v) is 2.28. The zero-order valence-corrected chi connectivity index (χ0v) is 10.6. The van der Waals surface area contributed by atoms with Crippen molar-refractivity contribution in [1.29, 1.82) is 0 Å². The minimum atomic E-state index is -0.459. The number of nitrogens with zero attached hydrogens (tertiary/aromatic N) is 3. The Labute approximate surface area is 106 Å². The molecule has 0 aromatic carbocycles. The van der Waals surface area contributed by atoms with Crippen molar-refractivity contribution < 1.29 is 14.4 Å². The average molecular weight is 338 g/mol. The molecule has 0 bridgehead atoms. The van der Waals surface area contributed by atoms with Gasteiger partial charge in [-0.3, -0.25) is 19.7 Å². The minimum absolute atomic E-state index is 0.0164. The maximum absolute atomic E-state index is 11.1. The molecule has 0 saturated heterocycles. The summed E-state index contributed by atoms with van der Waals surface area (Å²) in [5.41, 5.74) is 7.97. The van der Waals surface area contributed by atoms with E-state index in [-0.39, 0.29) is 41.9 Å². The molecular weight excluding hydrogens is 327 g/mol. The number of carbonyl (C=O) groups is 3. The lowest BCUT2D eigenvalue weighted by molar-refractivity contribution is -0.130. The highest BCUT2D eigenvalue weighted by molar-refractivity contribution is 14.1. The van der Waals surface area contributed by atoms with E-state index in [0.29, 0.717) is 0 Å². The van der Waals surface area contributed by atoms with Gasteiger partial charge in [-0.25, -0.2) is 0 Å². The summed E-state index contributed by atoms with van der Waals surface area (Å²) in [6, 6.07) is 0. The van der Waals surface area contributed by atoms with Crippen molar-refractivity contribution in [3.63, 3.8) is 0 Å². The highest BCUT2D eigenvalue weighted by atomic mass is 127. The van der Waals surface area contributed by atoms with E-state index in [0.717, 1.165) is 0 Å². The Morgan fingerprint density at radius 3 is 2.44 bits per heavy atom. The molecule has 0 aliphatic rings. The smallest absolute Gasteiger partial charge is 0.236 e. The fourth-order valence-electron chi connectivity index (χ4n) is 0.849. The molecule has 16 heavy (non-hydrogen) atoms. The number of nitrogens with one attached hydrogen (secondary N) is 1. The van der Waals surface area contributed by atoms with Crippen LogP contribution >= 0.6 is 22.6 Å². The summed E-state index contributed by atoms with van der Waals surface area (Å²) in [7, 11) is 0. The van der Waals surface area contributed by atoms with Crippen LogP contribution in [-0.2, 0) is 14.4 Å². The van der Waals surface area contributed by atoms with Gasteiger partial charge in [-0.05, 0) is 5.53 Å². The van der Waals surface area contributed by atoms with Gasteiger partial charge in [-0.15, -0.1) is 0 Å². The number of carbonyl (C=O) groups excluding carboxylic acids is 3. The first-order valence-corrected chi connectivity index (χ1v) is 6.04. The predicted molar refractivity (Wildman–Crippen MR) is 64.9 cm³/mol. The number of ketones is 1. The molecule has 1 N–H and O–H groups in total. The van der Waals surface area contributed by atoms with Crippen LogP contribution in [0.1, 0.15) is 19.3 Å². The van der Waals surface area contributed by atoms with Crippen LogP contribution in [0, 0.1) is 0 Å². The van der Waals surface area contributed by atoms with Crippen molar-refractivity contribution >= 4 is 40.2 Å². The summed E-state index contributed by atoms with van der Waals surface area (Å²) in [6.45, 7) is 0.101. The van der Waals surface area contributed by atoms with Gasteiger partial charge in [0.15, 0.2) is 0 Å². The zero-order chi connectivity index (χ0) is 12.4. The lowest BCUT2D eigenvalue weighted by Gasteiger charge is -2.00. The second-order valence-electron chi connectivity index (χ2n) is 2.85. The van der Waals surface area contributed by atoms with E-state index in [1.807, 2.05) is 22.6 Å². The normalized spacial score (nSPS) is 9.06. The highest BCUT2D eigenvalue weighted by Crippen LogP contribution is 1.96. The summed E-state index contributed by atoms with van der Waals surface area (Å²) in [6.07, 6.45) is 0.163. The van der Waals surface area contributed by atoms with Gasteiger partial charge in [0.25, 0.3) is 0 Å². The van der Waals surface area contributed by atoms with Crippen LogP contribution in [0.25, 0.3) is 10.4 Å². The van der Waals surface area contributed by atoms with Crippen LogP contribution in [-0.4, -0.2) is 28.6 Å². The van der Waals surface area contributed by atoms with Crippen LogP contribution in [0.5, 0.6) is 0 Å². The van der Waals surface area contributed by atoms with E-state index in [1.54, 1.807) is 0 Å². The maximum Gasteiger partial charge on any atom is 0.236 e. The lowest BCUT2D eigenvalue weighted by Crippen LogP contribution is -2.31. The molecule has 0 unspecified atom stereocenters. The number of hydrogen-bond acceptors (Lipinski definition) is 4. The van der Waals surface area contributed by atoms with E-state index in [2.05, 4.69) is 15.3 Å². The number of imide groups is 1. The van der Waals surface area contributed by atoms with Crippen molar-refractivity contribution in [3.8, 4) is 0 Å². The second-order valence-corrected chi connectivity index (χ2v) is 3.61. The fraction of sp³-hybridized carbons (Fsp3) is 0.625. The Morgan fingerprint density at radius 2 is 1.88 bits per heavy atom. The van der Waals surface area contributed by atoms with Gasteiger partial charge >= 0.3 is 0 Å². The minimum Gasteiger partial charge on any atom is -0.300 e. The Balaban J connectivity index is 3.70. The summed E-state index contributed by atoms with van der Waals surface area (Å²) >= 11 is 1.83. The quantitative estimate of drug-likeness (QED) is 0.247. The molecule has 0 fully saturated rings. The van der Waals surface area contributed by atoms with Gasteiger partial charge in [0.2, 0.25) is 11.8 Å². The predicted octanol–water partition coefficient (Wildman–Crippen LogP) is 1.11. The second kappa shape index (κ2) is 9.10. The number of Topliss-reactive ketones (excluding diaryl/α,β-unsaturated/α-hetero) is 1. The molecule has 8 heteroatoms. The van der Waals surface area contributed by atoms with Crippen molar-refractivity contribution in [2.24, 2.45) is 5.11 Å². The van der Waals surface area contributed by atoms with Crippen molar-refractivity contribution in [3.05, 3.63) is 10.4 Å². The molecule has 0 spiro atoms. The first kappa shape index (κ1) is 14.8. The summed E-state index contributed by atoms with van der Waals surface area (Å²) in [4.78, 5) is 35.5. The Hall–Kier alpha value is -1.15. The average Bonchev–Trinajstić information content (AvgIpc) is 2.26. The molecule has 0 radical (unpaired) electrons. The summed E-state index contributed by atoms with van der Waals surface area (Å²) in [5, 5.41) is 5.34. The van der Waals surface area contributed by atoms with Gasteiger partial charge in [0.05, 0.1) is 4.43 Å². The topological polar surface area (TPSA) is 112 Å². The number of hydrogen-bond donors (Lipinski definition) is 1. The Kier molecular flexibility index (Phi) is 8.45. The third-order valence-electron chi connectivity index (χ3n) is 1.58. The Morgan fingerprint density at radius 1 is 1.19 bits per heavy atom. The van der Waals surface area contributed by atoms with Crippen molar-refractivity contribution in [2.75, 3.05) is 11.0 Å². The van der Waals surface area contributed by atoms with Crippen LogP contribution in [0.3, 0.4) is 0 Å². The molecule has 0 aliphatic heterocycles. The Bertz CT molecular complexity index is 325. The lowest BCUT2D eigenvalue weighted by atomic mass is 10.1. The van der Waals surface area contributed by atoms with Gasteiger partial charge in [-0.2, -0.15) is 0 Å². The largest absolute Gasteiger partial charge is 0.300 e. The van der Waals surface area contributed by atoms with Gasteiger partial charge in [-0.1, -0.05) is 27.7 Å². The standard InChI is InChI=1S/C8H11IN4O3/c9-5-8(16)12-7(15)2-1-6(14)3-4-11-13-10/h1-5H2,(H,12,15,16). The first-order valence-electron chi connectivity index (χ1n) is 4.51. The SMILES string of the molecule is [N-]=[N+]=NCCC(=O)CCC(=O)NC(=O)CI. The molecule has 88 valence electrons.